The number of fused-ring (bicyclic) bond motifs is 2. The van der Waals surface area contributed by atoms with Crippen LogP contribution in [0.3, 0.4) is 0 Å². The number of hydrogen-bond donors (Lipinski definition) is 0. The van der Waals surface area contributed by atoms with Gasteiger partial charge < -0.3 is 0 Å². The molecule has 0 aliphatic rings. The van der Waals surface area contributed by atoms with Gasteiger partial charge in [0, 0.05) is 0 Å². The molecule has 0 fully saturated rings. The van der Waals surface area contributed by atoms with Crippen molar-refractivity contribution in [2.24, 2.45) is 0 Å². The van der Waals surface area contributed by atoms with Gasteiger partial charge in [0.05, 0.1) is 0 Å². The van der Waals surface area contributed by atoms with Gasteiger partial charge in [-0.2, -0.15) is 0 Å². The van der Waals surface area contributed by atoms with Gasteiger partial charge in [0.25, 0.3) is 0 Å². The Labute approximate surface area is 236 Å². The SMILES string of the molecule is c1ccc(Cc2ccc3c(-c4ccccc4)c4cc(Cc5ccccc5)ccc4c(-c4ccccc4)c3c2)cc1. The van der Waals surface area contributed by atoms with E-state index in [1.54, 1.807) is 0 Å². The first-order valence-corrected chi connectivity index (χ1v) is 14.0. The summed E-state index contributed by atoms with van der Waals surface area (Å²) in [5.41, 5.74) is 10.5. The molecular weight excluding hydrogens is 480 g/mol. The zero-order chi connectivity index (χ0) is 26.7. The van der Waals surface area contributed by atoms with Gasteiger partial charge in [-0.3, -0.25) is 0 Å². The van der Waals surface area contributed by atoms with Crippen molar-refractivity contribution in [2.75, 3.05) is 0 Å². The van der Waals surface area contributed by atoms with E-state index in [0.29, 0.717) is 0 Å². The Bertz CT molecular complexity index is 1760. The van der Waals surface area contributed by atoms with Crippen LogP contribution in [0.2, 0.25) is 0 Å². The van der Waals surface area contributed by atoms with Crippen molar-refractivity contribution in [3.63, 3.8) is 0 Å². The first kappa shape index (κ1) is 24.1. The monoisotopic (exact) mass is 510 g/mol. The molecule has 40 heavy (non-hydrogen) atoms. The maximum Gasteiger partial charge on any atom is -0.00255 e. The number of rotatable bonds is 6. The number of hydrogen-bond acceptors (Lipinski definition) is 0. The lowest BCUT2D eigenvalue weighted by Crippen LogP contribution is -1.95. The Morgan fingerprint density at radius 3 is 1.00 bits per heavy atom. The standard InChI is InChI=1S/C40H30/c1-5-13-29(14-6-1)25-31-21-23-35-37(27-31)39(33-17-9-3-10-18-33)36-24-22-32(26-30-15-7-2-8-16-30)28-38(36)40(35)34-19-11-4-12-20-34/h1-24,27-28H,25-26H2. The smallest absolute Gasteiger partial charge is 0.00255 e. The molecule has 0 unspecified atom stereocenters. The van der Waals surface area contributed by atoms with Crippen molar-refractivity contribution >= 4 is 21.5 Å². The van der Waals surface area contributed by atoms with E-state index in [2.05, 4.69) is 158 Å². The van der Waals surface area contributed by atoms with E-state index < -0.39 is 0 Å². The van der Waals surface area contributed by atoms with E-state index in [9.17, 15) is 0 Å². The summed E-state index contributed by atoms with van der Waals surface area (Å²) in [6.45, 7) is 0. The molecule has 0 spiro atoms. The van der Waals surface area contributed by atoms with E-state index in [1.807, 2.05) is 0 Å². The molecule has 0 amide bonds. The van der Waals surface area contributed by atoms with Crippen molar-refractivity contribution in [1.29, 1.82) is 0 Å². The fourth-order valence-corrected chi connectivity index (χ4v) is 6.04. The first-order chi connectivity index (χ1) is 19.8. The van der Waals surface area contributed by atoms with Crippen molar-refractivity contribution in [3.05, 3.63) is 180 Å². The summed E-state index contributed by atoms with van der Waals surface area (Å²) >= 11 is 0. The summed E-state index contributed by atoms with van der Waals surface area (Å²) in [4.78, 5) is 0. The minimum absolute atomic E-state index is 0.916. The topological polar surface area (TPSA) is 0 Å². The van der Waals surface area contributed by atoms with Crippen LogP contribution in [0, 0.1) is 0 Å². The molecule has 7 aromatic carbocycles. The van der Waals surface area contributed by atoms with Crippen LogP contribution in [0.5, 0.6) is 0 Å². The highest BCUT2D eigenvalue weighted by Crippen LogP contribution is 2.44. The third-order valence-corrected chi connectivity index (χ3v) is 7.87. The summed E-state index contributed by atoms with van der Waals surface area (Å²) < 4.78 is 0. The molecule has 0 radical (unpaired) electrons. The fraction of sp³-hybridized carbons (Fsp3) is 0.0500. The molecule has 0 aliphatic heterocycles. The normalized spacial score (nSPS) is 11.2. The lowest BCUT2D eigenvalue weighted by Gasteiger charge is -2.19. The largest absolute Gasteiger partial charge is 0.0622 e. The van der Waals surface area contributed by atoms with E-state index in [4.69, 9.17) is 0 Å². The van der Waals surface area contributed by atoms with E-state index in [0.717, 1.165) is 12.8 Å². The van der Waals surface area contributed by atoms with Crippen LogP contribution >= 0.6 is 0 Å². The van der Waals surface area contributed by atoms with Crippen LogP contribution in [0.25, 0.3) is 43.8 Å². The van der Waals surface area contributed by atoms with Gasteiger partial charge in [0.15, 0.2) is 0 Å². The number of benzene rings is 7. The molecule has 0 saturated carbocycles. The highest BCUT2D eigenvalue weighted by molar-refractivity contribution is 6.21. The van der Waals surface area contributed by atoms with E-state index in [-0.39, 0.29) is 0 Å². The average Bonchev–Trinajstić information content (AvgIpc) is 3.02. The lowest BCUT2D eigenvalue weighted by atomic mass is 9.84. The van der Waals surface area contributed by atoms with Crippen molar-refractivity contribution in [1.82, 2.24) is 0 Å². The maximum atomic E-state index is 2.43. The summed E-state index contributed by atoms with van der Waals surface area (Å²) in [7, 11) is 0. The Morgan fingerprint density at radius 2 is 0.625 bits per heavy atom. The highest BCUT2D eigenvalue weighted by Gasteiger charge is 2.18. The lowest BCUT2D eigenvalue weighted by molar-refractivity contribution is 1.20. The second-order valence-electron chi connectivity index (χ2n) is 10.6. The first-order valence-electron chi connectivity index (χ1n) is 14.0. The minimum atomic E-state index is 0.916. The van der Waals surface area contributed by atoms with Crippen LogP contribution in [0.4, 0.5) is 0 Å². The van der Waals surface area contributed by atoms with Gasteiger partial charge in [-0.05, 0) is 78.9 Å². The van der Waals surface area contributed by atoms with Crippen LogP contribution in [0.1, 0.15) is 22.3 Å². The molecule has 0 heteroatoms. The Kier molecular flexibility index (Phi) is 6.44. The van der Waals surface area contributed by atoms with Crippen LogP contribution < -0.4 is 0 Å². The van der Waals surface area contributed by atoms with Crippen LogP contribution in [-0.4, -0.2) is 0 Å². The van der Waals surface area contributed by atoms with Gasteiger partial charge in [-0.25, -0.2) is 0 Å². The molecule has 190 valence electrons. The summed E-state index contributed by atoms with van der Waals surface area (Å²) in [5, 5.41) is 5.21. The van der Waals surface area contributed by atoms with E-state index >= 15 is 0 Å². The molecule has 0 bridgehead atoms. The quantitative estimate of drug-likeness (QED) is 0.195. The van der Waals surface area contributed by atoms with Crippen LogP contribution in [0.15, 0.2) is 158 Å². The predicted molar refractivity (Wildman–Crippen MR) is 171 cm³/mol. The van der Waals surface area contributed by atoms with Gasteiger partial charge in [-0.1, -0.05) is 158 Å². The molecule has 0 N–H and O–H groups in total. The molecule has 0 nitrogen and oxygen atoms in total. The molecule has 7 rings (SSSR count). The molecule has 0 aliphatic carbocycles. The average molecular weight is 511 g/mol. The molecule has 7 aromatic rings. The Balaban J connectivity index is 1.53. The third-order valence-electron chi connectivity index (χ3n) is 7.87. The minimum Gasteiger partial charge on any atom is -0.0622 e. The maximum absolute atomic E-state index is 2.43. The summed E-state index contributed by atoms with van der Waals surface area (Å²) in [5.74, 6) is 0. The molecule has 0 heterocycles. The predicted octanol–water partition coefficient (Wildman–Crippen LogP) is 10.5. The molecule has 0 aromatic heterocycles. The zero-order valence-corrected chi connectivity index (χ0v) is 22.4. The Morgan fingerprint density at radius 1 is 0.275 bits per heavy atom. The second-order valence-corrected chi connectivity index (χ2v) is 10.6. The van der Waals surface area contributed by atoms with E-state index in [1.165, 1.54) is 66.1 Å². The van der Waals surface area contributed by atoms with Gasteiger partial charge in [0.2, 0.25) is 0 Å². The second kappa shape index (κ2) is 10.7. The van der Waals surface area contributed by atoms with Gasteiger partial charge in [0.1, 0.15) is 0 Å². The van der Waals surface area contributed by atoms with Gasteiger partial charge >= 0.3 is 0 Å². The Hall–Kier alpha value is -4.94. The summed E-state index contributed by atoms with van der Waals surface area (Å²) in [6, 6.07) is 57.5. The molecule has 0 saturated heterocycles. The van der Waals surface area contributed by atoms with Crippen molar-refractivity contribution < 1.29 is 0 Å². The van der Waals surface area contributed by atoms with Crippen molar-refractivity contribution in [3.8, 4) is 22.3 Å². The highest BCUT2D eigenvalue weighted by atomic mass is 14.2. The third kappa shape index (κ3) is 4.70. The van der Waals surface area contributed by atoms with Gasteiger partial charge in [-0.15, -0.1) is 0 Å². The zero-order valence-electron chi connectivity index (χ0n) is 22.4. The molecule has 0 atom stereocenters. The summed E-state index contributed by atoms with van der Waals surface area (Å²) in [6.07, 6.45) is 1.83. The fourth-order valence-electron chi connectivity index (χ4n) is 6.04. The molecular formula is C40H30. The van der Waals surface area contributed by atoms with Crippen LogP contribution in [-0.2, 0) is 12.8 Å². The van der Waals surface area contributed by atoms with Crippen molar-refractivity contribution in [2.45, 2.75) is 12.8 Å².